The van der Waals surface area contributed by atoms with Crippen LogP contribution in [-0.4, -0.2) is 16.9 Å². The van der Waals surface area contributed by atoms with E-state index in [2.05, 4.69) is 19.1 Å². The largest absolute Gasteiger partial charge is 0.481 e. The molecule has 0 aromatic heterocycles. The Hall–Kier alpha value is -1.12. The molecule has 0 aliphatic heterocycles. The van der Waals surface area contributed by atoms with E-state index >= 15 is 0 Å². The van der Waals surface area contributed by atoms with Gasteiger partial charge in [-0.3, -0.25) is 9.59 Å². The summed E-state index contributed by atoms with van der Waals surface area (Å²) in [6.45, 7) is 2.08. The van der Waals surface area contributed by atoms with E-state index in [-0.39, 0.29) is 12.3 Å². The summed E-state index contributed by atoms with van der Waals surface area (Å²) >= 11 is 0. The summed E-state index contributed by atoms with van der Waals surface area (Å²) in [5, 5.41) is 8.60. The van der Waals surface area contributed by atoms with Crippen molar-refractivity contribution < 1.29 is 14.7 Å². The molecule has 1 aliphatic carbocycles. The summed E-state index contributed by atoms with van der Waals surface area (Å²) in [5.41, 5.74) is 0. The fourth-order valence-corrected chi connectivity index (χ4v) is 2.57. The highest BCUT2D eigenvalue weighted by molar-refractivity contribution is 5.83. The minimum atomic E-state index is -0.739. The van der Waals surface area contributed by atoms with Gasteiger partial charge >= 0.3 is 5.97 Å². The lowest BCUT2D eigenvalue weighted by Crippen LogP contribution is -2.14. The van der Waals surface area contributed by atoms with Gasteiger partial charge < -0.3 is 5.11 Å². The summed E-state index contributed by atoms with van der Waals surface area (Å²) in [5.74, 6) is 0.179. The number of allylic oxidation sites excluding steroid dienone is 2. The average Bonchev–Trinajstić information content (AvgIpc) is 2.61. The molecule has 0 aromatic rings. The maximum atomic E-state index is 11.7. The zero-order valence-electron chi connectivity index (χ0n) is 10.5. The predicted octanol–water partition coefficient (Wildman–Crippen LogP) is 3.19. The lowest BCUT2D eigenvalue weighted by Gasteiger charge is -2.16. The Morgan fingerprint density at radius 2 is 2.24 bits per heavy atom. The van der Waals surface area contributed by atoms with Crippen LogP contribution in [0.15, 0.2) is 12.2 Å². The molecule has 0 aromatic carbocycles. The summed E-state index contributed by atoms with van der Waals surface area (Å²) in [4.78, 5) is 22.2. The van der Waals surface area contributed by atoms with Crippen molar-refractivity contribution in [1.82, 2.24) is 0 Å². The number of ketones is 1. The van der Waals surface area contributed by atoms with Crippen molar-refractivity contribution in [2.75, 3.05) is 0 Å². The Balaban J connectivity index is 2.38. The fraction of sp³-hybridized carbons (Fsp3) is 0.714. The van der Waals surface area contributed by atoms with E-state index < -0.39 is 5.97 Å². The number of Topliss-reactive ketones (excluding diaryl/α,β-unsaturated/α-hetero) is 1. The molecule has 3 heteroatoms. The van der Waals surface area contributed by atoms with Crippen LogP contribution >= 0.6 is 0 Å². The molecule has 1 saturated carbocycles. The van der Waals surface area contributed by atoms with Crippen LogP contribution in [0.3, 0.4) is 0 Å². The molecular weight excluding hydrogens is 216 g/mol. The van der Waals surface area contributed by atoms with Crippen LogP contribution < -0.4 is 0 Å². The second-order valence-electron chi connectivity index (χ2n) is 4.77. The van der Waals surface area contributed by atoms with E-state index in [1.807, 2.05) is 0 Å². The smallest absolute Gasteiger partial charge is 0.303 e. The third-order valence-corrected chi connectivity index (χ3v) is 3.50. The molecule has 96 valence electrons. The monoisotopic (exact) mass is 238 g/mol. The Bertz CT molecular complexity index is 294. The van der Waals surface area contributed by atoms with Gasteiger partial charge in [-0.15, -0.1) is 0 Å². The molecule has 0 radical (unpaired) electrons. The molecule has 0 heterocycles. The molecule has 17 heavy (non-hydrogen) atoms. The van der Waals surface area contributed by atoms with Gasteiger partial charge in [-0.05, 0) is 38.0 Å². The number of carboxylic acids is 1. The van der Waals surface area contributed by atoms with Gasteiger partial charge in [0.25, 0.3) is 0 Å². The topological polar surface area (TPSA) is 54.4 Å². The predicted molar refractivity (Wildman–Crippen MR) is 66.8 cm³/mol. The zero-order chi connectivity index (χ0) is 12.7. The van der Waals surface area contributed by atoms with Crippen LogP contribution in [0.1, 0.15) is 51.9 Å². The van der Waals surface area contributed by atoms with E-state index in [1.165, 1.54) is 0 Å². The second kappa shape index (κ2) is 7.25. The van der Waals surface area contributed by atoms with E-state index in [0.717, 1.165) is 25.7 Å². The lowest BCUT2D eigenvalue weighted by molar-refractivity contribution is -0.137. The zero-order valence-corrected chi connectivity index (χ0v) is 10.5. The molecule has 0 spiro atoms. The van der Waals surface area contributed by atoms with Gasteiger partial charge in [-0.1, -0.05) is 19.1 Å². The summed E-state index contributed by atoms with van der Waals surface area (Å²) in [6, 6.07) is 0. The van der Waals surface area contributed by atoms with Crippen LogP contribution in [0.2, 0.25) is 0 Å². The lowest BCUT2D eigenvalue weighted by atomic mass is 9.88. The van der Waals surface area contributed by atoms with Crippen molar-refractivity contribution in [3.05, 3.63) is 12.2 Å². The van der Waals surface area contributed by atoms with Gasteiger partial charge in [0, 0.05) is 18.8 Å². The first-order valence-corrected chi connectivity index (χ1v) is 6.54. The molecule has 2 unspecified atom stereocenters. The first-order valence-electron chi connectivity index (χ1n) is 6.54. The molecule has 1 rings (SSSR count). The van der Waals surface area contributed by atoms with Crippen LogP contribution in [0.4, 0.5) is 0 Å². The standard InChI is InChI=1S/C14H22O3/c1-2-3-4-7-12-11(9-10-13(12)15)6-5-8-14(16)17/h3-4,11-12H,2,5-10H2,1H3,(H,16,17)/b4-3-. The number of hydrogen-bond donors (Lipinski definition) is 1. The number of carbonyl (C=O) groups is 2. The molecule has 0 saturated heterocycles. The minimum absolute atomic E-state index is 0.145. The molecule has 0 bridgehead atoms. The van der Waals surface area contributed by atoms with Gasteiger partial charge in [-0.25, -0.2) is 0 Å². The molecule has 3 nitrogen and oxygen atoms in total. The third-order valence-electron chi connectivity index (χ3n) is 3.50. The van der Waals surface area contributed by atoms with Crippen LogP contribution in [-0.2, 0) is 9.59 Å². The van der Waals surface area contributed by atoms with Crippen molar-refractivity contribution in [2.45, 2.75) is 51.9 Å². The Morgan fingerprint density at radius 1 is 1.47 bits per heavy atom. The maximum Gasteiger partial charge on any atom is 0.303 e. The molecule has 1 N–H and O–H groups in total. The Kier molecular flexibility index (Phi) is 5.95. The number of carbonyl (C=O) groups excluding carboxylic acids is 1. The van der Waals surface area contributed by atoms with Crippen molar-refractivity contribution >= 4 is 11.8 Å². The van der Waals surface area contributed by atoms with Crippen LogP contribution in [0.5, 0.6) is 0 Å². The normalized spacial score (nSPS) is 24.6. The Labute approximate surface area is 103 Å². The van der Waals surface area contributed by atoms with Crippen LogP contribution in [0.25, 0.3) is 0 Å². The maximum absolute atomic E-state index is 11.7. The van der Waals surface area contributed by atoms with Crippen molar-refractivity contribution in [3.8, 4) is 0 Å². The second-order valence-corrected chi connectivity index (χ2v) is 4.77. The third kappa shape index (κ3) is 4.72. The highest BCUT2D eigenvalue weighted by atomic mass is 16.4. The Morgan fingerprint density at radius 3 is 2.88 bits per heavy atom. The number of hydrogen-bond acceptors (Lipinski definition) is 2. The molecule has 1 aliphatic rings. The van der Waals surface area contributed by atoms with E-state index in [4.69, 9.17) is 5.11 Å². The molecule has 1 fully saturated rings. The number of carboxylic acid groups (broad SMARTS) is 1. The molecular formula is C14H22O3. The highest BCUT2D eigenvalue weighted by Crippen LogP contribution is 2.35. The minimum Gasteiger partial charge on any atom is -0.481 e. The highest BCUT2D eigenvalue weighted by Gasteiger charge is 2.32. The first kappa shape index (κ1) is 13.9. The summed E-state index contributed by atoms with van der Waals surface area (Å²) in [6.07, 6.45) is 9.46. The van der Waals surface area contributed by atoms with E-state index in [9.17, 15) is 9.59 Å². The van der Waals surface area contributed by atoms with E-state index in [1.54, 1.807) is 0 Å². The first-order chi connectivity index (χ1) is 8.15. The van der Waals surface area contributed by atoms with Gasteiger partial charge in [0.15, 0.2) is 0 Å². The van der Waals surface area contributed by atoms with E-state index in [0.29, 0.717) is 24.5 Å². The van der Waals surface area contributed by atoms with Gasteiger partial charge in [0.05, 0.1) is 0 Å². The van der Waals surface area contributed by atoms with Crippen LogP contribution in [0, 0.1) is 11.8 Å². The van der Waals surface area contributed by atoms with Crippen molar-refractivity contribution in [1.29, 1.82) is 0 Å². The number of aliphatic carboxylic acids is 1. The SMILES string of the molecule is CC/C=C\CC1C(=O)CCC1CCCC(=O)O. The number of rotatable bonds is 7. The van der Waals surface area contributed by atoms with Gasteiger partial charge in [-0.2, -0.15) is 0 Å². The summed E-state index contributed by atoms with van der Waals surface area (Å²) in [7, 11) is 0. The van der Waals surface area contributed by atoms with Gasteiger partial charge in [0.1, 0.15) is 5.78 Å². The average molecular weight is 238 g/mol. The van der Waals surface area contributed by atoms with Crippen molar-refractivity contribution in [2.24, 2.45) is 11.8 Å². The fourth-order valence-electron chi connectivity index (χ4n) is 2.57. The molecule has 2 atom stereocenters. The van der Waals surface area contributed by atoms with Gasteiger partial charge in [0.2, 0.25) is 0 Å². The van der Waals surface area contributed by atoms with Crippen molar-refractivity contribution in [3.63, 3.8) is 0 Å². The quantitative estimate of drug-likeness (QED) is 0.693. The summed E-state index contributed by atoms with van der Waals surface area (Å²) < 4.78 is 0. The molecule has 0 amide bonds.